The average molecular weight is 476 g/mol. The van der Waals surface area contributed by atoms with E-state index in [0.29, 0.717) is 44.4 Å². The molecule has 0 bridgehead atoms. The van der Waals surface area contributed by atoms with E-state index >= 15 is 0 Å². The third kappa shape index (κ3) is 5.14. The van der Waals surface area contributed by atoms with E-state index in [2.05, 4.69) is 5.32 Å². The number of amides is 1. The van der Waals surface area contributed by atoms with Crippen molar-refractivity contribution in [1.29, 1.82) is 0 Å². The minimum absolute atomic E-state index is 0.0191. The molecule has 0 unspecified atom stereocenters. The van der Waals surface area contributed by atoms with Crippen LogP contribution in [-0.4, -0.2) is 48.0 Å². The first-order valence-corrected chi connectivity index (χ1v) is 11.7. The standard InChI is InChI=1S/C25H31F2N3O4/c1-4-19-21-20(12-25(13-28-22(21)31)5-7-33-8-6-25)30(29-19)14-24(2,3)15-34-23(32)16-9-17(26)11-18(27)10-16/h9-11H,4-8,12-15H2,1-3H3,(H,28,31). The first-order chi connectivity index (χ1) is 16.1. The Hall–Kier alpha value is -2.81. The molecule has 1 fully saturated rings. The zero-order valence-corrected chi connectivity index (χ0v) is 19.9. The predicted octanol–water partition coefficient (Wildman–Crippen LogP) is 3.69. The third-order valence-corrected chi connectivity index (χ3v) is 6.68. The van der Waals surface area contributed by atoms with Gasteiger partial charge >= 0.3 is 5.97 Å². The Kier molecular flexibility index (Phi) is 6.75. The van der Waals surface area contributed by atoms with E-state index in [9.17, 15) is 18.4 Å². The van der Waals surface area contributed by atoms with Crippen LogP contribution < -0.4 is 5.32 Å². The van der Waals surface area contributed by atoms with Crippen molar-refractivity contribution < 1.29 is 27.8 Å². The summed E-state index contributed by atoms with van der Waals surface area (Å²) in [6, 6.07) is 2.60. The lowest BCUT2D eigenvalue weighted by Gasteiger charge is -2.36. The molecule has 7 nitrogen and oxygen atoms in total. The number of carbonyl (C=O) groups is 2. The van der Waals surface area contributed by atoms with Crippen molar-refractivity contribution in [1.82, 2.24) is 15.1 Å². The first-order valence-electron chi connectivity index (χ1n) is 11.7. The molecule has 0 radical (unpaired) electrons. The van der Waals surface area contributed by atoms with Gasteiger partial charge in [0.15, 0.2) is 0 Å². The van der Waals surface area contributed by atoms with Gasteiger partial charge in [-0.2, -0.15) is 5.10 Å². The number of hydrogen-bond acceptors (Lipinski definition) is 5. The number of fused-ring (bicyclic) bond motifs is 1. The van der Waals surface area contributed by atoms with Crippen LogP contribution in [0, 0.1) is 22.5 Å². The third-order valence-electron chi connectivity index (χ3n) is 6.68. The topological polar surface area (TPSA) is 82.5 Å². The molecule has 1 N–H and O–H groups in total. The number of nitrogens with one attached hydrogen (secondary N) is 1. The fourth-order valence-electron chi connectivity index (χ4n) is 4.77. The van der Waals surface area contributed by atoms with Crippen LogP contribution in [0.3, 0.4) is 0 Å². The number of aromatic nitrogens is 2. The lowest BCUT2D eigenvalue weighted by Crippen LogP contribution is -2.41. The molecule has 0 saturated carbocycles. The molecule has 1 saturated heterocycles. The number of ether oxygens (including phenoxy) is 2. The average Bonchev–Trinajstić information content (AvgIpc) is 3.04. The minimum atomic E-state index is -0.835. The SMILES string of the molecule is CCc1nn(CC(C)(C)COC(=O)c2cc(F)cc(F)c2)c2c1C(=O)NCC1(CCOCC1)C2. The van der Waals surface area contributed by atoms with E-state index in [0.717, 1.165) is 42.8 Å². The molecule has 1 spiro atoms. The van der Waals surface area contributed by atoms with Crippen molar-refractivity contribution in [2.24, 2.45) is 10.8 Å². The molecule has 1 aromatic carbocycles. The van der Waals surface area contributed by atoms with Gasteiger partial charge in [0.1, 0.15) is 11.6 Å². The molecule has 2 aliphatic rings. The monoisotopic (exact) mass is 475 g/mol. The maximum absolute atomic E-state index is 13.5. The first kappa shape index (κ1) is 24.3. The van der Waals surface area contributed by atoms with Crippen LogP contribution in [0.25, 0.3) is 0 Å². The summed E-state index contributed by atoms with van der Waals surface area (Å²) in [5, 5.41) is 7.86. The summed E-state index contributed by atoms with van der Waals surface area (Å²) >= 11 is 0. The van der Waals surface area contributed by atoms with Gasteiger partial charge in [-0.05, 0) is 43.2 Å². The lowest BCUT2D eigenvalue weighted by atomic mass is 9.76. The Balaban J connectivity index is 1.55. The van der Waals surface area contributed by atoms with Gasteiger partial charge in [0.05, 0.1) is 29.1 Å². The lowest BCUT2D eigenvalue weighted by molar-refractivity contribution is 0.0145. The molecule has 2 aromatic rings. The second-order valence-electron chi connectivity index (χ2n) is 10.1. The van der Waals surface area contributed by atoms with Gasteiger partial charge in [0.25, 0.3) is 5.91 Å². The van der Waals surface area contributed by atoms with Crippen molar-refractivity contribution >= 4 is 11.9 Å². The molecule has 4 rings (SSSR count). The van der Waals surface area contributed by atoms with Gasteiger partial charge in [-0.15, -0.1) is 0 Å². The second-order valence-corrected chi connectivity index (χ2v) is 10.1. The fraction of sp³-hybridized carbons (Fsp3) is 0.560. The van der Waals surface area contributed by atoms with Gasteiger partial charge in [-0.25, -0.2) is 13.6 Å². The Morgan fingerprint density at radius 3 is 2.56 bits per heavy atom. The molecule has 1 aromatic heterocycles. The maximum atomic E-state index is 13.5. The number of hydrogen-bond donors (Lipinski definition) is 1. The van der Waals surface area contributed by atoms with E-state index in [1.54, 1.807) is 0 Å². The van der Waals surface area contributed by atoms with Crippen molar-refractivity contribution in [2.75, 3.05) is 26.4 Å². The minimum Gasteiger partial charge on any atom is -0.461 e. The number of nitrogens with zero attached hydrogens (tertiary/aromatic N) is 2. The normalized spacial score (nSPS) is 17.7. The van der Waals surface area contributed by atoms with Crippen LogP contribution in [0.2, 0.25) is 0 Å². The van der Waals surface area contributed by atoms with Crippen LogP contribution in [0.15, 0.2) is 18.2 Å². The molecule has 1 amide bonds. The molecular weight excluding hydrogens is 444 g/mol. The number of esters is 1. The van der Waals surface area contributed by atoms with E-state index < -0.39 is 23.0 Å². The molecule has 9 heteroatoms. The Labute approximate surface area is 197 Å². The van der Waals surface area contributed by atoms with Gasteiger partial charge in [-0.1, -0.05) is 20.8 Å². The summed E-state index contributed by atoms with van der Waals surface area (Å²) in [6.07, 6.45) is 3.07. The van der Waals surface area contributed by atoms with Crippen molar-refractivity contribution in [3.05, 3.63) is 52.3 Å². The molecule has 184 valence electrons. The summed E-state index contributed by atoms with van der Waals surface area (Å²) in [4.78, 5) is 25.4. The second kappa shape index (κ2) is 9.44. The summed E-state index contributed by atoms with van der Waals surface area (Å²) in [7, 11) is 0. The van der Waals surface area contributed by atoms with Crippen molar-refractivity contribution in [3.63, 3.8) is 0 Å². The largest absolute Gasteiger partial charge is 0.461 e. The van der Waals surface area contributed by atoms with E-state index in [-0.39, 0.29) is 23.5 Å². The number of halogens is 2. The molecule has 0 aliphatic carbocycles. The number of carbonyl (C=O) groups excluding carboxylic acids is 2. The molecule has 3 heterocycles. The zero-order chi connectivity index (χ0) is 24.5. The fourth-order valence-corrected chi connectivity index (χ4v) is 4.77. The van der Waals surface area contributed by atoms with E-state index in [4.69, 9.17) is 14.6 Å². The van der Waals surface area contributed by atoms with Gasteiger partial charge in [0.2, 0.25) is 0 Å². The molecule has 2 aliphatic heterocycles. The summed E-state index contributed by atoms with van der Waals surface area (Å²) < 4.78 is 39.8. The highest BCUT2D eigenvalue weighted by atomic mass is 19.1. The van der Waals surface area contributed by atoms with Gasteiger partial charge in [-0.3, -0.25) is 9.48 Å². The van der Waals surface area contributed by atoms with Gasteiger partial charge in [0, 0.05) is 37.8 Å². The smallest absolute Gasteiger partial charge is 0.338 e. The zero-order valence-electron chi connectivity index (χ0n) is 19.9. The summed E-state index contributed by atoms with van der Waals surface area (Å²) in [6.45, 7) is 8.20. The highest BCUT2D eigenvalue weighted by Crippen LogP contribution is 2.38. The number of benzene rings is 1. The number of rotatable bonds is 6. The van der Waals surface area contributed by atoms with Crippen LogP contribution >= 0.6 is 0 Å². The highest BCUT2D eigenvalue weighted by molar-refractivity contribution is 5.97. The van der Waals surface area contributed by atoms with Crippen LogP contribution in [-0.2, 0) is 28.9 Å². The Morgan fingerprint density at radius 2 is 1.91 bits per heavy atom. The maximum Gasteiger partial charge on any atom is 0.338 e. The predicted molar refractivity (Wildman–Crippen MR) is 121 cm³/mol. The van der Waals surface area contributed by atoms with Crippen LogP contribution in [0.4, 0.5) is 8.78 Å². The molecule has 34 heavy (non-hydrogen) atoms. The molecule has 0 atom stereocenters. The Morgan fingerprint density at radius 1 is 1.24 bits per heavy atom. The highest BCUT2D eigenvalue weighted by Gasteiger charge is 2.40. The van der Waals surface area contributed by atoms with Gasteiger partial charge < -0.3 is 14.8 Å². The summed E-state index contributed by atoms with van der Waals surface area (Å²) in [5.41, 5.74) is 1.51. The van der Waals surface area contributed by atoms with E-state index in [1.165, 1.54) is 0 Å². The Bertz CT molecular complexity index is 1070. The van der Waals surface area contributed by atoms with Crippen LogP contribution in [0.5, 0.6) is 0 Å². The quantitative estimate of drug-likeness (QED) is 0.645. The van der Waals surface area contributed by atoms with E-state index in [1.807, 2.05) is 25.5 Å². The molecular formula is C25H31F2N3O4. The van der Waals surface area contributed by atoms with Crippen molar-refractivity contribution in [3.8, 4) is 0 Å². The van der Waals surface area contributed by atoms with Crippen LogP contribution in [0.1, 0.15) is 65.7 Å². The van der Waals surface area contributed by atoms with Crippen molar-refractivity contribution in [2.45, 2.75) is 53.0 Å². The summed E-state index contributed by atoms with van der Waals surface area (Å²) in [5.74, 6) is -2.56. The number of aryl methyl sites for hydroxylation is 1.